The predicted octanol–water partition coefficient (Wildman–Crippen LogP) is 11.6. The third kappa shape index (κ3) is 7.72. The number of nitrogens with two attached hydrogens (primary N) is 1. The molecule has 292 valence electrons. The molecule has 6 saturated carbocycles. The van der Waals surface area contributed by atoms with Crippen molar-refractivity contribution in [3.8, 4) is 22.5 Å². The van der Waals surface area contributed by atoms with Gasteiger partial charge in [0.1, 0.15) is 22.9 Å². The van der Waals surface area contributed by atoms with Crippen LogP contribution < -0.4 is 5.73 Å². The number of benzene rings is 2. The number of aromatic nitrogens is 2. The standard InChI is InChI=1S/C21H22Cl2N2O3.C21H24Cl2N2O2/c22-16-2-1-3-17(23)18(16)20-15(21(28-25-20)11-4-5-11)10-27-14-8-12-6-7-13(9-14)19(12)24-26;22-16-2-1-3-17(23)18(16)20-15(21(27-25-20)11-4-5-11)10-26-14-8-12-6-7-13(9-14)19(12)24/h1-3,11-14,26H,4-10H2;1-3,11-14,19H,4-10,24H2. The Kier molecular flexibility index (Phi) is 11.0. The maximum atomic E-state index is 9.26. The fourth-order valence-electron chi connectivity index (χ4n) is 9.69. The predicted molar refractivity (Wildman–Crippen MR) is 213 cm³/mol. The highest BCUT2D eigenvalue weighted by Crippen LogP contribution is 2.49. The second-order valence-corrected chi connectivity index (χ2v) is 18.1. The Bertz CT molecular complexity index is 1990. The summed E-state index contributed by atoms with van der Waals surface area (Å²) in [6, 6.07) is 11.3. The number of oxime groups is 1. The van der Waals surface area contributed by atoms with E-state index >= 15 is 0 Å². The minimum atomic E-state index is 0.152. The molecule has 6 aliphatic carbocycles. The SMILES string of the molecule is NC1C2CCC1CC(OCc1c(-c3c(Cl)cccc3Cl)noc1C1CC1)C2.ON=C1C2CCC1CC(OCc1c(-c3c(Cl)cccc3Cl)noc1C1CC1)C2. The van der Waals surface area contributed by atoms with Gasteiger partial charge in [-0.1, -0.05) is 74.0 Å². The molecule has 10 rings (SSSR count). The summed E-state index contributed by atoms with van der Waals surface area (Å²) >= 11 is 25.7. The summed E-state index contributed by atoms with van der Waals surface area (Å²) in [5.41, 5.74) is 12.1. The van der Waals surface area contributed by atoms with Crippen molar-refractivity contribution in [3.63, 3.8) is 0 Å². The number of nitrogens with zero attached hydrogens (tertiary/aromatic N) is 3. The van der Waals surface area contributed by atoms with E-state index in [0.29, 0.717) is 86.1 Å². The summed E-state index contributed by atoms with van der Waals surface area (Å²) in [6.07, 6.45) is 13.5. The van der Waals surface area contributed by atoms with E-state index in [1.165, 1.54) is 12.8 Å². The van der Waals surface area contributed by atoms with E-state index in [1.807, 2.05) is 36.4 Å². The van der Waals surface area contributed by atoms with Crippen molar-refractivity contribution in [2.75, 3.05) is 0 Å². The summed E-state index contributed by atoms with van der Waals surface area (Å²) in [5, 5.41) is 23.8. The van der Waals surface area contributed by atoms with Gasteiger partial charge in [-0.15, -0.1) is 0 Å². The number of rotatable bonds is 10. The van der Waals surface area contributed by atoms with Crippen molar-refractivity contribution in [1.82, 2.24) is 10.3 Å². The molecule has 6 aliphatic rings. The first-order valence-corrected chi connectivity index (χ1v) is 21.3. The van der Waals surface area contributed by atoms with Crippen LogP contribution in [0.4, 0.5) is 0 Å². The van der Waals surface area contributed by atoms with Crippen molar-refractivity contribution < 1.29 is 23.7 Å². The van der Waals surface area contributed by atoms with Crippen LogP contribution >= 0.6 is 46.4 Å². The molecule has 0 saturated heterocycles. The Balaban J connectivity index is 0.000000144. The third-order valence-electron chi connectivity index (χ3n) is 12.9. The molecule has 4 unspecified atom stereocenters. The lowest BCUT2D eigenvalue weighted by molar-refractivity contribution is -0.00648. The largest absolute Gasteiger partial charge is 0.411 e. The highest BCUT2D eigenvalue weighted by molar-refractivity contribution is 6.39. The summed E-state index contributed by atoms with van der Waals surface area (Å²) in [6.45, 7) is 0.924. The van der Waals surface area contributed by atoms with Gasteiger partial charge in [-0.25, -0.2) is 0 Å². The molecule has 4 aromatic rings. The van der Waals surface area contributed by atoms with E-state index in [9.17, 15) is 5.21 Å². The van der Waals surface area contributed by atoms with E-state index in [2.05, 4.69) is 15.5 Å². The maximum Gasteiger partial charge on any atom is 0.145 e. The fraction of sp³-hybridized carbons (Fsp3) is 0.548. The molecule has 9 nitrogen and oxygen atoms in total. The van der Waals surface area contributed by atoms with Crippen molar-refractivity contribution in [1.29, 1.82) is 0 Å². The van der Waals surface area contributed by atoms with Gasteiger partial charge in [0.15, 0.2) is 0 Å². The van der Waals surface area contributed by atoms with Gasteiger partial charge in [0.25, 0.3) is 0 Å². The Hall–Kier alpha value is -2.63. The highest BCUT2D eigenvalue weighted by Gasteiger charge is 2.43. The lowest BCUT2D eigenvalue weighted by atomic mass is 9.83. The first kappa shape index (κ1) is 37.9. The molecule has 2 aromatic carbocycles. The van der Waals surface area contributed by atoms with Crippen LogP contribution in [0.3, 0.4) is 0 Å². The van der Waals surface area contributed by atoms with Gasteiger partial charge in [0.2, 0.25) is 0 Å². The average molecular weight is 829 g/mol. The molecule has 4 atom stereocenters. The number of halogens is 4. The molecule has 0 radical (unpaired) electrons. The fourth-order valence-corrected chi connectivity index (χ4v) is 10.8. The average Bonchev–Trinajstić information content (AvgIpc) is 4.09. The monoisotopic (exact) mass is 826 g/mol. The molecule has 0 amide bonds. The van der Waals surface area contributed by atoms with Gasteiger partial charge >= 0.3 is 0 Å². The van der Waals surface area contributed by atoms with Gasteiger partial charge in [-0.3, -0.25) is 0 Å². The summed E-state index contributed by atoms with van der Waals surface area (Å²) in [4.78, 5) is 0. The first-order valence-electron chi connectivity index (χ1n) is 19.8. The number of hydrogen-bond donors (Lipinski definition) is 2. The van der Waals surface area contributed by atoms with Crippen LogP contribution in [0.25, 0.3) is 22.5 Å². The van der Waals surface area contributed by atoms with Crippen LogP contribution in [0.1, 0.15) is 112 Å². The normalized spacial score (nSPS) is 28.3. The molecule has 2 aromatic heterocycles. The number of hydrogen-bond acceptors (Lipinski definition) is 9. The Morgan fingerprint density at radius 1 is 0.618 bits per heavy atom. The number of ether oxygens (including phenoxy) is 2. The molecule has 0 spiro atoms. The van der Waals surface area contributed by atoms with E-state index in [4.69, 9.17) is 70.7 Å². The molecule has 2 heterocycles. The van der Waals surface area contributed by atoms with Crippen molar-refractivity contribution >= 4 is 52.1 Å². The molecule has 4 bridgehead atoms. The lowest BCUT2D eigenvalue weighted by Gasteiger charge is -2.33. The molecule has 3 N–H and O–H groups in total. The molecule has 55 heavy (non-hydrogen) atoms. The Morgan fingerprint density at radius 3 is 1.42 bits per heavy atom. The highest BCUT2D eigenvalue weighted by atomic mass is 35.5. The summed E-state index contributed by atoms with van der Waals surface area (Å²) in [5.74, 6) is 4.61. The zero-order valence-electron chi connectivity index (χ0n) is 30.6. The van der Waals surface area contributed by atoms with Crippen molar-refractivity contribution in [3.05, 3.63) is 79.1 Å². The minimum Gasteiger partial charge on any atom is -0.411 e. The van der Waals surface area contributed by atoms with Gasteiger partial charge in [0, 0.05) is 52.0 Å². The zero-order chi connectivity index (χ0) is 37.8. The van der Waals surface area contributed by atoms with Crippen LogP contribution in [0.15, 0.2) is 50.6 Å². The van der Waals surface area contributed by atoms with E-state index in [-0.39, 0.29) is 12.2 Å². The lowest BCUT2D eigenvalue weighted by Crippen LogP contribution is -2.40. The van der Waals surface area contributed by atoms with Crippen molar-refractivity contribution in [2.45, 2.75) is 120 Å². The second-order valence-electron chi connectivity index (χ2n) is 16.5. The van der Waals surface area contributed by atoms with Gasteiger partial charge in [-0.05, 0) is 113 Å². The van der Waals surface area contributed by atoms with E-state index in [1.54, 1.807) is 0 Å². The summed E-state index contributed by atoms with van der Waals surface area (Å²) < 4.78 is 24.2. The molecular weight excluding hydrogens is 782 g/mol. The van der Waals surface area contributed by atoms with E-state index in [0.717, 1.165) is 104 Å². The van der Waals surface area contributed by atoms with E-state index < -0.39 is 0 Å². The third-order valence-corrected chi connectivity index (χ3v) is 14.2. The smallest absolute Gasteiger partial charge is 0.145 e. The van der Waals surface area contributed by atoms with Crippen LogP contribution in [0.2, 0.25) is 20.1 Å². The summed E-state index contributed by atoms with van der Waals surface area (Å²) in [7, 11) is 0. The molecule has 13 heteroatoms. The quantitative estimate of drug-likeness (QED) is 0.119. The van der Waals surface area contributed by atoms with Gasteiger partial charge in [0.05, 0.1) is 51.2 Å². The molecule has 0 aliphatic heterocycles. The first-order chi connectivity index (χ1) is 26.8. The zero-order valence-corrected chi connectivity index (χ0v) is 33.6. The Labute approximate surface area is 341 Å². The number of fused-ring (bicyclic) bond motifs is 4. The second kappa shape index (κ2) is 16.0. The Morgan fingerprint density at radius 2 is 1.02 bits per heavy atom. The van der Waals surface area contributed by atoms with Crippen LogP contribution in [0.5, 0.6) is 0 Å². The van der Waals surface area contributed by atoms with Crippen LogP contribution in [0, 0.1) is 23.7 Å². The topological polar surface area (TPSA) is 129 Å². The van der Waals surface area contributed by atoms with Crippen molar-refractivity contribution in [2.24, 2.45) is 34.6 Å². The van der Waals surface area contributed by atoms with Gasteiger partial charge < -0.3 is 29.5 Å². The maximum absolute atomic E-state index is 9.26. The van der Waals surface area contributed by atoms with Crippen LogP contribution in [-0.4, -0.2) is 39.5 Å². The van der Waals surface area contributed by atoms with Gasteiger partial charge in [-0.2, -0.15) is 0 Å². The minimum absolute atomic E-state index is 0.152. The molecule has 6 fully saturated rings. The molecular formula is C42H46Cl4N4O5. The van der Waals surface area contributed by atoms with Crippen LogP contribution in [-0.2, 0) is 22.7 Å².